The fraction of sp³-hybridized carbons (Fsp3) is 1.00. The highest BCUT2D eigenvalue weighted by molar-refractivity contribution is 4.69. The van der Waals surface area contributed by atoms with Crippen LogP contribution in [-0.2, 0) is 4.74 Å². The van der Waals surface area contributed by atoms with Gasteiger partial charge in [-0.1, -0.05) is 32.1 Å². The lowest BCUT2D eigenvalue weighted by atomic mass is 9.85. The van der Waals surface area contributed by atoms with E-state index in [1.807, 2.05) is 0 Å². The Hall–Kier alpha value is -0.0800. The van der Waals surface area contributed by atoms with Crippen LogP contribution in [0.5, 0.6) is 0 Å². The minimum Gasteiger partial charge on any atom is -0.391 e. The third-order valence-corrected chi connectivity index (χ3v) is 2.69. The normalized spacial score (nSPS) is 22.5. The van der Waals surface area contributed by atoms with Crippen molar-refractivity contribution in [1.29, 1.82) is 0 Å². The molecule has 0 bridgehead atoms. The topological polar surface area (TPSA) is 29.5 Å². The minimum absolute atomic E-state index is 0.238. The smallest absolute Gasteiger partial charge is 0.0776 e. The van der Waals surface area contributed by atoms with Gasteiger partial charge in [0.05, 0.1) is 12.7 Å². The van der Waals surface area contributed by atoms with Gasteiger partial charge in [0, 0.05) is 7.11 Å². The molecule has 1 saturated carbocycles. The van der Waals surface area contributed by atoms with Crippen LogP contribution in [-0.4, -0.2) is 24.9 Å². The molecule has 1 aliphatic rings. The molecule has 12 heavy (non-hydrogen) atoms. The summed E-state index contributed by atoms with van der Waals surface area (Å²) in [7, 11) is 1.64. The molecule has 0 aromatic carbocycles. The van der Waals surface area contributed by atoms with E-state index < -0.39 is 0 Å². The number of rotatable bonds is 4. The Morgan fingerprint density at radius 2 is 2.00 bits per heavy atom. The molecule has 0 saturated heterocycles. The Bertz CT molecular complexity index is 108. The Balaban J connectivity index is 2.11. The minimum atomic E-state index is -0.238. The summed E-state index contributed by atoms with van der Waals surface area (Å²) < 4.78 is 4.90. The van der Waals surface area contributed by atoms with Crippen molar-refractivity contribution in [2.75, 3.05) is 13.7 Å². The van der Waals surface area contributed by atoms with Gasteiger partial charge >= 0.3 is 0 Å². The van der Waals surface area contributed by atoms with Gasteiger partial charge in [-0.25, -0.2) is 0 Å². The van der Waals surface area contributed by atoms with Crippen molar-refractivity contribution in [1.82, 2.24) is 0 Å². The maximum atomic E-state index is 9.48. The van der Waals surface area contributed by atoms with Crippen molar-refractivity contribution in [2.24, 2.45) is 5.92 Å². The van der Waals surface area contributed by atoms with Crippen molar-refractivity contribution in [3.8, 4) is 0 Å². The summed E-state index contributed by atoms with van der Waals surface area (Å²) in [5.41, 5.74) is 0. The summed E-state index contributed by atoms with van der Waals surface area (Å²) in [6.07, 6.45) is 7.40. The van der Waals surface area contributed by atoms with E-state index in [0.717, 1.165) is 12.3 Å². The zero-order valence-corrected chi connectivity index (χ0v) is 7.96. The largest absolute Gasteiger partial charge is 0.391 e. The molecule has 1 fully saturated rings. The molecule has 1 rings (SSSR count). The second-order valence-corrected chi connectivity index (χ2v) is 3.85. The van der Waals surface area contributed by atoms with Crippen LogP contribution in [0.3, 0.4) is 0 Å². The maximum Gasteiger partial charge on any atom is 0.0776 e. The molecule has 0 aromatic heterocycles. The second kappa shape index (κ2) is 5.55. The van der Waals surface area contributed by atoms with E-state index in [9.17, 15) is 5.11 Å². The standard InChI is InChI=1S/C10H20O2/c1-12-8-10(11)7-9-5-3-2-4-6-9/h9-11H,2-8H2,1H3. The average molecular weight is 172 g/mol. The predicted octanol–water partition coefficient (Wildman–Crippen LogP) is 1.96. The Kier molecular flexibility index (Phi) is 4.62. The summed E-state index contributed by atoms with van der Waals surface area (Å²) in [4.78, 5) is 0. The molecular formula is C10H20O2. The molecule has 1 unspecified atom stereocenters. The monoisotopic (exact) mass is 172 g/mol. The zero-order valence-electron chi connectivity index (χ0n) is 7.96. The summed E-state index contributed by atoms with van der Waals surface area (Å²) >= 11 is 0. The van der Waals surface area contributed by atoms with Gasteiger partial charge in [0.15, 0.2) is 0 Å². The van der Waals surface area contributed by atoms with Crippen LogP contribution in [0.15, 0.2) is 0 Å². The lowest BCUT2D eigenvalue weighted by Crippen LogP contribution is -2.20. The van der Waals surface area contributed by atoms with E-state index in [1.165, 1.54) is 32.1 Å². The molecule has 0 heterocycles. The van der Waals surface area contributed by atoms with E-state index >= 15 is 0 Å². The molecule has 0 aliphatic heterocycles. The van der Waals surface area contributed by atoms with Crippen molar-refractivity contribution in [3.63, 3.8) is 0 Å². The molecule has 72 valence electrons. The van der Waals surface area contributed by atoms with Crippen LogP contribution in [0.4, 0.5) is 0 Å². The number of methoxy groups -OCH3 is 1. The predicted molar refractivity (Wildman–Crippen MR) is 49.1 cm³/mol. The molecule has 1 atom stereocenters. The third kappa shape index (κ3) is 3.55. The van der Waals surface area contributed by atoms with Crippen LogP contribution in [0.25, 0.3) is 0 Å². The Morgan fingerprint density at radius 1 is 1.33 bits per heavy atom. The van der Waals surface area contributed by atoms with Crippen molar-refractivity contribution in [2.45, 2.75) is 44.6 Å². The number of aliphatic hydroxyl groups excluding tert-OH is 1. The van der Waals surface area contributed by atoms with Gasteiger partial charge in [0.2, 0.25) is 0 Å². The molecule has 1 N–H and O–H groups in total. The van der Waals surface area contributed by atoms with Gasteiger partial charge in [-0.15, -0.1) is 0 Å². The number of hydrogen-bond donors (Lipinski definition) is 1. The van der Waals surface area contributed by atoms with Crippen LogP contribution in [0, 0.1) is 5.92 Å². The van der Waals surface area contributed by atoms with E-state index in [1.54, 1.807) is 7.11 Å². The van der Waals surface area contributed by atoms with E-state index in [4.69, 9.17) is 4.74 Å². The van der Waals surface area contributed by atoms with Gasteiger partial charge in [0.1, 0.15) is 0 Å². The lowest BCUT2D eigenvalue weighted by molar-refractivity contribution is 0.0440. The molecular weight excluding hydrogens is 152 g/mol. The quantitative estimate of drug-likeness (QED) is 0.702. The molecule has 0 spiro atoms. The van der Waals surface area contributed by atoms with Crippen molar-refractivity contribution < 1.29 is 9.84 Å². The molecule has 2 heteroatoms. The fourth-order valence-electron chi connectivity index (χ4n) is 2.07. The average Bonchev–Trinajstić information content (AvgIpc) is 2.06. The van der Waals surface area contributed by atoms with E-state index in [-0.39, 0.29) is 6.10 Å². The Morgan fingerprint density at radius 3 is 2.58 bits per heavy atom. The van der Waals surface area contributed by atoms with Crippen molar-refractivity contribution in [3.05, 3.63) is 0 Å². The first-order chi connectivity index (χ1) is 5.83. The third-order valence-electron chi connectivity index (χ3n) is 2.69. The van der Waals surface area contributed by atoms with Gasteiger partial charge in [-0.05, 0) is 12.3 Å². The maximum absolute atomic E-state index is 9.48. The van der Waals surface area contributed by atoms with Gasteiger partial charge in [0.25, 0.3) is 0 Å². The zero-order chi connectivity index (χ0) is 8.81. The summed E-state index contributed by atoms with van der Waals surface area (Å²) in [6, 6.07) is 0. The van der Waals surface area contributed by atoms with Crippen LogP contribution in [0.1, 0.15) is 38.5 Å². The molecule has 0 aromatic rings. The first-order valence-corrected chi connectivity index (χ1v) is 5.00. The lowest BCUT2D eigenvalue weighted by Gasteiger charge is -2.23. The second-order valence-electron chi connectivity index (χ2n) is 3.85. The highest BCUT2D eigenvalue weighted by Crippen LogP contribution is 2.27. The van der Waals surface area contributed by atoms with Crippen LogP contribution in [0.2, 0.25) is 0 Å². The number of aliphatic hydroxyl groups is 1. The van der Waals surface area contributed by atoms with Gasteiger partial charge in [-0.3, -0.25) is 0 Å². The van der Waals surface area contributed by atoms with E-state index in [2.05, 4.69) is 0 Å². The summed E-state index contributed by atoms with van der Waals surface area (Å²) in [6.45, 7) is 0.497. The molecule has 1 aliphatic carbocycles. The highest BCUT2D eigenvalue weighted by atomic mass is 16.5. The molecule has 2 nitrogen and oxygen atoms in total. The fourth-order valence-corrected chi connectivity index (χ4v) is 2.07. The first-order valence-electron chi connectivity index (χ1n) is 5.00. The van der Waals surface area contributed by atoms with E-state index in [0.29, 0.717) is 6.61 Å². The number of hydrogen-bond acceptors (Lipinski definition) is 2. The van der Waals surface area contributed by atoms with Crippen molar-refractivity contribution >= 4 is 0 Å². The molecule has 0 radical (unpaired) electrons. The number of ether oxygens (including phenoxy) is 1. The van der Waals surface area contributed by atoms with Gasteiger partial charge in [-0.2, -0.15) is 0 Å². The van der Waals surface area contributed by atoms with Crippen LogP contribution < -0.4 is 0 Å². The van der Waals surface area contributed by atoms with Gasteiger partial charge < -0.3 is 9.84 Å². The summed E-state index contributed by atoms with van der Waals surface area (Å²) in [5, 5.41) is 9.48. The summed E-state index contributed by atoms with van der Waals surface area (Å²) in [5.74, 6) is 0.754. The van der Waals surface area contributed by atoms with Crippen LogP contribution >= 0.6 is 0 Å². The molecule has 0 amide bonds. The Labute approximate surface area is 74.9 Å². The first kappa shape index (κ1) is 10.0. The highest BCUT2D eigenvalue weighted by Gasteiger charge is 2.16. The SMILES string of the molecule is COCC(O)CC1CCCCC1.